The van der Waals surface area contributed by atoms with Gasteiger partial charge in [-0.2, -0.15) is 0 Å². The molecule has 0 aromatic heterocycles. The molecule has 0 aliphatic heterocycles. The van der Waals surface area contributed by atoms with Gasteiger partial charge in [0.05, 0.1) is 5.02 Å². The van der Waals surface area contributed by atoms with Crippen LogP contribution in [0.5, 0.6) is 0 Å². The molecular weight excluding hydrogens is 317 g/mol. The molecule has 2 aromatic rings. The quantitative estimate of drug-likeness (QED) is 0.762. The maximum atomic E-state index is 12.1. The number of rotatable bonds is 3. The highest BCUT2D eigenvalue weighted by molar-refractivity contribution is 6.38. The summed E-state index contributed by atoms with van der Waals surface area (Å²) in [4.78, 5) is 12.1. The maximum absolute atomic E-state index is 12.1. The van der Waals surface area contributed by atoms with Crippen molar-refractivity contribution in [3.63, 3.8) is 0 Å². The fourth-order valence-corrected chi connectivity index (χ4v) is 2.24. The highest BCUT2D eigenvalue weighted by Gasteiger charge is 2.13. The predicted octanol–water partition coefficient (Wildman–Crippen LogP) is 5.30. The standard InChI is InChI=1S/C15H10Cl3NO/c1-9(13-7-4-11(17)8-14(13)18)15(20)19-12-5-2-10(16)3-6-12/h2-8H,1H2,(H,19,20). The minimum atomic E-state index is -0.337. The number of anilines is 1. The molecule has 0 heterocycles. The highest BCUT2D eigenvalue weighted by atomic mass is 35.5. The number of halogens is 3. The summed E-state index contributed by atoms with van der Waals surface area (Å²) in [7, 11) is 0. The van der Waals surface area contributed by atoms with E-state index in [-0.39, 0.29) is 11.5 Å². The Balaban J connectivity index is 2.16. The summed E-state index contributed by atoms with van der Waals surface area (Å²) < 4.78 is 0. The van der Waals surface area contributed by atoms with E-state index in [0.29, 0.717) is 26.3 Å². The summed E-state index contributed by atoms with van der Waals surface area (Å²) in [6.07, 6.45) is 0. The van der Waals surface area contributed by atoms with Crippen LogP contribution in [0, 0.1) is 0 Å². The lowest BCUT2D eigenvalue weighted by molar-refractivity contribution is -0.111. The molecule has 2 aromatic carbocycles. The molecule has 0 atom stereocenters. The van der Waals surface area contributed by atoms with E-state index in [1.165, 1.54) is 0 Å². The van der Waals surface area contributed by atoms with E-state index in [2.05, 4.69) is 11.9 Å². The number of benzene rings is 2. The molecule has 20 heavy (non-hydrogen) atoms. The van der Waals surface area contributed by atoms with E-state index in [4.69, 9.17) is 34.8 Å². The van der Waals surface area contributed by atoms with Gasteiger partial charge < -0.3 is 5.32 Å². The van der Waals surface area contributed by atoms with Crippen LogP contribution in [0.4, 0.5) is 5.69 Å². The largest absolute Gasteiger partial charge is 0.322 e. The normalized spacial score (nSPS) is 10.2. The summed E-state index contributed by atoms with van der Waals surface area (Å²) in [5.74, 6) is -0.337. The Morgan fingerprint density at radius 3 is 2.15 bits per heavy atom. The Hall–Kier alpha value is -1.48. The van der Waals surface area contributed by atoms with Gasteiger partial charge in [-0.1, -0.05) is 47.4 Å². The molecule has 0 radical (unpaired) electrons. The van der Waals surface area contributed by atoms with Gasteiger partial charge in [-0.25, -0.2) is 0 Å². The number of carbonyl (C=O) groups excluding carboxylic acids is 1. The van der Waals surface area contributed by atoms with E-state index >= 15 is 0 Å². The van der Waals surface area contributed by atoms with Gasteiger partial charge in [-0.3, -0.25) is 4.79 Å². The first-order valence-electron chi connectivity index (χ1n) is 5.68. The van der Waals surface area contributed by atoms with Crippen molar-refractivity contribution in [2.75, 3.05) is 5.32 Å². The van der Waals surface area contributed by atoms with Crippen molar-refractivity contribution in [2.45, 2.75) is 0 Å². The second-order valence-electron chi connectivity index (χ2n) is 4.06. The van der Waals surface area contributed by atoms with Crippen molar-refractivity contribution in [3.8, 4) is 0 Å². The van der Waals surface area contributed by atoms with Crippen LogP contribution in [0.25, 0.3) is 5.57 Å². The number of hydrogen-bond acceptors (Lipinski definition) is 1. The van der Waals surface area contributed by atoms with Gasteiger partial charge >= 0.3 is 0 Å². The number of carbonyl (C=O) groups is 1. The van der Waals surface area contributed by atoms with E-state index < -0.39 is 0 Å². The van der Waals surface area contributed by atoms with Crippen LogP contribution in [0.3, 0.4) is 0 Å². The van der Waals surface area contributed by atoms with Crippen LogP contribution in [0.1, 0.15) is 5.56 Å². The zero-order valence-corrected chi connectivity index (χ0v) is 12.6. The first-order chi connectivity index (χ1) is 9.47. The Labute approximate surface area is 132 Å². The Bertz CT molecular complexity index is 665. The van der Waals surface area contributed by atoms with Crippen LogP contribution in [0.15, 0.2) is 49.0 Å². The summed E-state index contributed by atoms with van der Waals surface area (Å²) >= 11 is 17.7. The third-order valence-electron chi connectivity index (χ3n) is 2.63. The van der Waals surface area contributed by atoms with Crippen LogP contribution < -0.4 is 5.32 Å². The van der Waals surface area contributed by atoms with E-state index in [1.54, 1.807) is 42.5 Å². The van der Waals surface area contributed by atoms with Gasteiger partial charge in [-0.05, 0) is 36.4 Å². The lowest BCUT2D eigenvalue weighted by Gasteiger charge is -2.09. The van der Waals surface area contributed by atoms with Crippen molar-refractivity contribution < 1.29 is 4.79 Å². The molecule has 0 saturated heterocycles. The first kappa shape index (κ1) is 14.9. The van der Waals surface area contributed by atoms with Gasteiger partial charge in [0.15, 0.2) is 0 Å². The molecule has 0 bridgehead atoms. The van der Waals surface area contributed by atoms with Crippen molar-refractivity contribution in [1.29, 1.82) is 0 Å². The second kappa shape index (κ2) is 6.31. The Morgan fingerprint density at radius 2 is 1.55 bits per heavy atom. The molecule has 0 fully saturated rings. The van der Waals surface area contributed by atoms with Gasteiger partial charge in [0, 0.05) is 26.9 Å². The molecule has 0 spiro atoms. The summed E-state index contributed by atoms with van der Waals surface area (Å²) in [6.45, 7) is 3.76. The fourth-order valence-electron chi connectivity index (χ4n) is 1.60. The third kappa shape index (κ3) is 3.54. The molecule has 0 aliphatic carbocycles. The van der Waals surface area contributed by atoms with E-state index in [0.717, 1.165) is 0 Å². The molecule has 0 saturated carbocycles. The van der Waals surface area contributed by atoms with Gasteiger partial charge in [-0.15, -0.1) is 0 Å². The van der Waals surface area contributed by atoms with Gasteiger partial charge in [0.1, 0.15) is 0 Å². The summed E-state index contributed by atoms with van der Waals surface area (Å²) in [6, 6.07) is 11.7. The van der Waals surface area contributed by atoms with Crippen molar-refractivity contribution in [1.82, 2.24) is 0 Å². The average molecular weight is 327 g/mol. The van der Waals surface area contributed by atoms with Crippen LogP contribution >= 0.6 is 34.8 Å². The Morgan fingerprint density at radius 1 is 0.950 bits per heavy atom. The molecular formula is C15H10Cl3NO. The zero-order valence-electron chi connectivity index (χ0n) is 10.3. The zero-order chi connectivity index (χ0) is 14.7. The van der Waals surface area contributed by atoms with Gasteiger partial charge in [0.25, 0.3) is 5.91 Å². The summed E-state index contributed by atoms with van der Waals surface area (Å²) in [5.41, 5.74) is 1.44. The number of nitrogens with one attached hydrogen (secondary N) is 1. The first-order valence-corrected chi connectivity index (χ1v) is 6.82. The Kier molecular flexibility index (Phi) is 4.71. The van der Waals surface area contributed by atoms with Crippen molar-refractivity contribution in [3.05, 3.63) is 69.7 Å². The molecule has 2 nitrogen and oxygen atoms in total. The monoisotopic (exact) mass is 325 g/mol. The fraction of sp³-hybridized carbons (Fsp3) is 0. The second-order valence-corrected chi connectivity index (χ2v) is 5.34. The molecule has 1 N–H and O–H groups in total. The van der Waals surface area contributed by atoms with Crippen molar-refractivity contribution >= 4 is 52.0 Å². The third-order valence-corrected chi connectivity index (χ3v) is 3.43. The van der Waals surface area contributed by atoms with E-state index in [9.17, 15) is 4.79 Å². The molecule has 102 valence electrons. The predicted molar refractivity (Wildman–Crippen MR) is 85.6 cm³/mol. The molecule has 5 heteroatoms. The van der Waals surface area contributed by atoms with Crippen molar-refractivity contribution in [2.24, 2.45) is 0 Å². The molecule has 2 rings (SSSR count). The minimum absolute atomic E-state index is 0.265. The van der Waals surface area contributed by atoms with Crippen LogP contribution in [-0.2, 0) is 4.79 Å². The molecule has 1 amide bonds. The number of amides is 1. The lowest BCUT2D eigenvalue weighted by Crippen LogP contribution is -2.13. The van der Waals surface area contributed by atoms with Gasteiger partial charge in [0.2, 0.25) is 0 Å². The highest BCUT2D eigenvalue weighted by Crippen LogP contribution is 2.27. The van der Waals surface area contributed by atoms with Crippen LogP contribution in [-0.4, -0.2) is 5.91 Å². The average Bonchev–Trinajstić information content (AvgIpc) is 2.40. The lowest BCUT2D eigenvalue weighted by atomic mass is 10.1. The maximum Gasteiger partial charge on any atom is 0.255 e. The topological polar surface area (TPSA) is 29.1 Å². The van der Waals surface area contributed by atoms with E-state index in [1.807, 2.05) is 0 Å². The molecule has 0 aliphatic rings. The minimum Gasteiger partial charge on any atom is -0.322 e. The smallest absolute Gasteiger partial charge is 0.255 e. The number of hydrogen-bond donors (Lipinski definition) is 1. The molecule has 0 unspecified atom stereocenters. The SMILES string of the molecule is C=C(C(=O)Nc1ccc(Cl)cc1)c1ccc(Cl)cc1Cl. The van der Waals surface area contributed by atoms with Crippen LogP contribution in [0.2, 0.25) is 15.1 Å². The summed E-state index contributed by atoms with van der Waals surface area (Å²) in [5, 5.41) is 4.21.